The van der Waals surface area contributed by atoms with Crippen molar-refractivity contribution in [3.63, 3.8) is 0 Å². The monoisotopic (exact) mass is 269 g/mol. The Morgan fingerprint density at radius 2 is 2.12 bits per heavy atom. The molecule has 0 saturated heterocycles. The van der Waals surface area contributed by atoms with E-state index in [1.165, 1.54) is 0 Å². The Bertz CT molecular complexity index is 99.9. The lowest BCUT2D eigenvalue weighted by Crippen LogP contribution is -2.01. The van der Waals surface area contributed by atoms with Crippen molar-refractivity contribution in [3.8, 4) is 0 Å². The predicted molar refractivity (Wildman–Crippen MR) is 32.6 cm³/mol. The number of hydrogen-bond donors (Lipinski definition) is 1. The van der Waals surface area contributed by atoms with Crippen LogP contribution in [-0.2, 0) is 9.09 Å². The molecule has 0 aliphatic carbocycles. The second-order valence-corrected chi connectivity index (χ2v) is 4.54. The molecule has 0 bridgehead atoms. The van der Waals surface area contributed by atoms with Gasteiger partial charge < -0.3 is 0 Å². The van der Waals surface area contributed by atoms with Crippen LogP contribution in [0.3, 0.4) is 0 Å². The summed E-state index contributed by atoms with van der Waals surface area (Å²) in [7, 11) is -2.91. The zero-order chi connectivity index (χ0) is 6.78. The lowest BCUT2D eigenvalue weighted by molar-refractivity contribution is 0.127. The molecule has 3 nitrogen and oxygen atoms in total. The maximum absolute atomic E-state index is 11.9. The molecule has 0 aromatic heterocycles. The van der Waals surface area contributed by atoms with Crippen LogP contribution in [0.5, 0.6) is 0 Å². The Balaban J connectivity index is 3.55. The van der Waals surface area contributed by atoms with Crippen molar-refractivity contribution in [2.45, 2.75) is 3.67 Å². The molecule has 8 heavy (non-hydrogen) atoms. The zero-order valence-electron chi connectivity index (χ0n) is 3.34. The van der Waals surface area contributed by atoms with Gasteiger partial charge in [-0.2, -0.15) is 4.39 Å². The maximum atomic E-state index is 11.9. The van der Waals surface area contributed by atoms with Gasteiger partial charge in [-0.15, -0.1) is 4.89 Å². The summed E-state index contributed by atoms with van der Waals surface area (Å²) >= 11 is 4.53. The molecule has 48 valence electrons. The van der Waals surface area contributed by atoms with E-state index in [1.807, 2.05) is 0 Å². The summed E-state index contributed by atoms with van der Waals surface area (Å²) in [5, 5.41) is 0. The lowest BCUT2D eigenvalue weighted by Gasteiger charge is -1.95. The van der Waals surface area contributed by atoms with Crippen LogP contribution in [0.15, 0.2) is 0 Å². The molecule has 1 N–H and O–H groups in total. The van der Waals surface area contributed by atoms with E-state index in [-0.39, 0.29) is 0 Å². The van der Waals surface area contributed by atoms with Crippen LogP contribution in [0.2, 0.25) is 0 Å². The molecule has 7 heteroatoms. The van der Waals surface area contributed by atoms with Crippen molar-refractivity contribution in [3.05, 3.63) is 0 Å². The first kappa shape index (κ1) is 8.91. The highest BCUT2D eigenvalue weighted by molar-refractivity contribution is 9.25. The third-order valence-electron chi connectivity index (χ3n) is 0.182. The van der Waals surface area contributed by atoms with E-state index in [2.05, 4.69) is 36.4 Å². The topological polar surface area (TPSA) is 46.5 Å². The van der Waals surface area contributed by atoms with E-state index < -0.39 is 11.9 Å². The van der Waals surface area contributed by atoms with Crippen LogP contribution in [0.25, 0.3) is 0 Å². The lowest BCUT2D eigenvalue weighted by atomic mass is 11.6. The van der Waals surface area contributed by atoms with E-state index >= 15 is 0 Å². The molecule has 0 amide bonds. The van der Waals surface area contributed by atoms with E-state index in [0.29, 0.717) is 0 Å². The Hall–Kier alpha value is 0.910. The molecule has 0 heterocycles. The SMILES string of the molecule is O=[P+](O)OC(F)(Br)Br. The molecular formula is CHBr2FO3P+. The Morgan fingerprint density at radius 1 is 1.75 bits per heavy atom. The second kappa shape index (κ2) is 3.17. The minimum Gasteiger partial charge on any atom is -0.181 e. The van der Waals surface area contributed by atoms with Gasteiger partial charge >= 0.3 is 11.9 Å². The summed E-state index contributed by atoms with van der Waals surface area (Å²) in [6.45, 7) is 0. The first-order chi connectivity index (χ1) is 3.42. The summed E-state index contributed by atoms with van der Waals surface area (Å²) in [5.41, 5.74) is 0. The molecule has 0 spiro atoms. The molecule has 0 aliphatic heterocycles. The fourth-order valence-corrected chi connectivity index (χ4v) is 1.01. The summed E-state index contributed by atoms with van der Waals surface area (Å²) < 4.78 is 22.8. The first-order valence-electron chi connectivity index (χ1n) is 1.34. The number of hydrogen-bond acceptors (Lipinski definition) is 2. The Labute approximate surface area is 62.4 Å². The van der Waals surface area contributed by atoms with Crippen LogP contribution >= 0.6 is 40.1 Å². The average molecular weight is 271 g/mol. The summed E-state index contributed by atoms with van der Waals surface area (Å²) in [4.78, 5) is 7.88. The van der Waals surface area contributed by atoms with Crippen LogP contribution in [0.1, 0.15) is 0 Å². The minimum absolute atomic E-state index is 2.26. The minimum atomic E-state index is -2.91. The fraction of sp³-hybridized carbons (Fsp3) is 1.00. The first-order valence-corrected chi connectivity index (χ1v) is 4.05. The third kappa shape index (κ3) is 6.91. The van der Waals surface area contributed by atoms with Gasteiger partial charge in [0.1, 0.15) is 0 Å². The third-order valence-corrected chi connectivity index (χ3v) is 1.41. The van der Waals surface area contributed by atoms with E-state index in [4.69, 9.17) is 4.89 Å². The normalized spacial score (nSPS) is 13.8. The van der Waals surface area contributed by atoms with E-state index in [1.54, 1.807) is 0 Å². The molecule has 0 aromatic rings. The van der Waals surface area contributed by atoms with Gasteiger partial charge in [0.15, 0.2) is 0 Å². The molecule has 0 aromatic carbocycles. The van der Waals surface area contributed by atoms with Crippen LogP contribution in [0, 0.1) is 0 Å². The largest absolute Gasteiger partial charge is 0.699 e. The van der Waals surface area contributed by atoms with Crippen LogP contribution < -0.4 is 0 Å². The van der Waals surface area contributed by atoms with Crippen molar-refractivity contribution in [2.24, 2.45) is 0 Å². The Morgan fingerprint density at radius 3 is 2.12 bits per heavy atom. The van der Waals surface area contributed by atoms with Gasteiger partial charge in [0.05, 0.1) is 0 Å². The van der Waals surface area contributed by atoms with Gasteiger partial charge in [0.2, 0.25) is 0 Å². The standard InChI is InChI=1S/CBr2FO3P/c2-1(3,4)7-8(5)6/p+1. The molecule has 1 unspecified atom stereocenters. The van der Waals surface area contributed by atoms with Gasteiger partial charge in [-0.25, -0.2) is 0 Å². The maximum Gasteiger partial charge on any atom is 0.699 e. The fourth-order valence-electron chi connectivity index (χ4n) is 0.0885. The van der Waals surface area contributed by atoms with Crippen LogP contribution in [0.4, 0.5) is 4.39 Å². The van der Waals surface area contributed by atoms with Gasteiger partial charge in [-0.1, -0.05) is 4.52 Å². The predicted octanol–water partition coefficient (Wildman–Crippen LogP) is 2.02. The molecular weight excluding hydrogens is 270 g/mol. The van der Waals surface area contributed by atoms with Gasteiger partial charge in [0, 0.05) is 36.4 Å². The average Bonchev–Trinajstić information content (AvgIpc) is 1.21. The van der Waals surface area contributed by atoms with Gasteiger partial charge in [-0.05, 0) is 0 Å². The summed E-state index contributed by atoms with van der Waals surface area (Å²) in [6.07, 6.45) is 0. The van der Waals surface area contributed by atoms with Gasteiger partial charge in [-0.3, -0.25) is 0 Å². The van der Waals surface area contributed by atoms with Crippen molar-refractivity contribution in [2.75, 3.05) is 0 Å². The van der Waals surface area contributed by atoms with Crippen molar-refractivity contribution >= 4 is 40.1 Å². The molecule has 0 saturated carbocycles. The second-order valence-electron chi connectivity index (χ2n) is 0.775. The summed E-state index contributed by atoms with van der Waals surface area (Å²) in [5.74, 6) is 0. The molecule has 1 atom stereocenters. The van der Waals surface area contributed by atoms with Crippen LogP contribution in [-0.4, -0.2) is 8.57 Å². The molecule has 0 radical (unpaired) electrons. The van der Waals surface area contributed by atoms with Crippen molar-refractivity contribution < 1.29 is 18.4 Å². The highest BCUT2D eigenvalue weighted by Gasteiger charge is 2.34. The van der Waals surface area contributed by atoms with Gasteiger partial charge in [0.25, 0.3) is 0 Å². The van der Waals surface area contributed by atoms with E-state index in [9.17, 15) is 8.96 Å². The number of rotatable bonds is 2. The van der Waals surface area contributed by atoms with Crippen molar-refractivity contribution in [1.29, 1.82) is 0 Å². The zero-order valence-corrected chi connectivity index (χ0v) is 7.41. The number of alkyl halides is 3. The van der Waals surface area contributed by atoms with Crippen molar-refractivity contribution in [1.82, 2.24) is 0 Å². The molecule has 0 fully saturated rings. The highest BCUT2D eigenvalue weighted by Crippen LogP contribution is 2.37. The molecule has 0 rings (SSSR count). The smallest absolute Gasteiger partial charge is 0.181 e. The highest BCUT2D eigenvalue weighted by atomic mass is 79.9. The summed E-state index contributed by atoms with van der Waals surface area (Å²) in [6, 6.07) is 0. The quantitative estimate of drug-likeness (QED) is 0.617. The van der Waals surface area contributed by atoms with E-state index in [0.717, 1.165) is 0 Å². The number of halogens is 3. The Kier molecular flexibility index (Phi) is 3.53. The molecule has 0 aliphatic rings.